The van der Waals surface area contributed by atoms with Crippen molar-refractivity contribution >= 4 is 15.9 Å². The maximum absolute atomic E-state index is 9.94. The molecule has 3 nitrogen and oxygen atoms in total. The van der Waals surface area contributed by atoms with Crippen molar-refractivity contribution in [1.82, 2.24) is 5.32 Å². The van der Waals surface area contributed by atoms with E-state index in [-0.39, 0.29) is 17.8 Å². The minimum Gasteiger partial charge on any atom is -0.506 e. The maximum Gasteiger partial charge on any atom is 0.134 e. The Morgan fingerprint density at radius 3 is 2.47 bits per heavy atom. The van der Waals surface area contributed by atoms with E-state index in [4.69, 9.17) is 5.11 Å². The van der Waals surface area contributed by atoms with Crippen molar-refractivity contribution in [2.45, 2.75) is 32.7 Å². The first-order chi connectivity index (χ1) is 7.86. The first-order valence-corrected chi connectivity index (χ1v) is 6.49. The van der Waals surface area contributed by atoms with Gasteiger partial charge in [-0.2, -0.15) is 0 Å². The number of benzene rings is 1. The SMILES string of the molecule is CC(C)(C)c1cc(Br)c(O)c(CNCCO)c1. The molecule has 0 heterocycles. The van der Waals surface area contributed by atoms with Crippen molar-refractivity contribution in [3.63, 3.8) is 0 Å². The van der Waals surface area contributed by atoms with Crippen molar-refractivity contribution in [3.05, 3.63) is 27.7 Å². The zero-order chi connectivity index (χ0) is 13.1. The fourth-order valence-electron chi connectivity index (χ4n) is 1.53. The minimum absolute atomic E-state index is 0.0436. The van der Waals surface area contributed by atoms with Gasteiger partial charge in [0.15, 0.2) is 0 Å². The highest BCUT2D eigenvalue weighted by molar-refractivity contribution is 9.10. The summed E-state index contributed by atoms with van der Waals surface area (Å²) in [4.78, 5) is 0. The highest BCUT2D eigenvalue weighted by Gasteiger charge is 2.17. The molecule has 17 heavy (non-hydrogen) atoms. The van der Waals surface area contributed by atoms with Crippen LogP contribution >= 0.6 is 15.9 Å². The summed E-state index contributed by atoms with van der Waals surface area (Å²) < 4.78 is 0.714. The number of phenolic OH excluding ortho intramolecular Hbond substituents is 1. The molecule has 0 atom stereocenters. The van der Waals surface area contributed by atoms with E-state index in [0.717, 1.165) is 5.56 Å². The summed E-state index contributed by atoms with van der Waals surface area (Å²) in [7, 11) is 0. The Hall–Kier alpha value is -0.580. The summed E-state index contributed by atoms with van der Waals surface area (Å²) in [5.41, 5.74) is 2.06. The van der Waals surface area contributed by atoms with Crippen LogP contribution in [0.15, 0.2) is 16.6 Å². The van der Waals surface area contributed by atoms with Crippen molar-refractivity contribution in [1.29, 1.82) is 0 Å². The number of aliphatic hydroxyl groups is 1. The lowest BCUT2D eigenvalue weighted by Crippen LogP contribution is -2.18. The van der Waals surface area contributed by atoms with Crippen molar-refractivity contribution in [2.75, 3.05) is 13.2 Å². The van der Waals surface area contributed by atoms with Crippen LogP contribution in [0.2, 0.25) is 0 Å². The molecule has 0 fully saturated rings. The largest absolute Gasteiger partial charge is 0.506 e. The van der Waals surface area contributed by atoms with E-state index in [0.29, 0.717) is 17.6 Å². The Labute approximate surface area is 111 Å². The third-order valence-corrected chi connectivity index (χ3v) is 3.22. The van der Waals surface area contributed by atoms with E-state index in [2.05, 4.69) is 42.0 Å². The standard InChI is InChI=1S/C13H20BrNO2/c1-13(2,3)10-6-9(8-15-4-5-16)12(17)11(14)7-10/h6-7,15-17H,4-5,8H2,1-3H3. The van der Waals surface area contributed by atoms with E-state index < -0.39 is 0 Å². The van der Waals surface area contributed by atoms with Gasteiger partial charge in [0, 0.05) is 18.7 Å². The average Bonchev–Trinajstić information content (AvgIpc) is 2.22. The van der Waals surface area contributed by atoms with Gasteiger partial charge in [0.2, 0.25) is 0 Å². The van der Waals surface area contributed by atoms with Crippen LogP contribution in [0.25, 0.3) is 0 Å². The Kier molecular flexibility index (Phi) is 4.98. The normalized spacial score (nSPS) is 11.8. The van der Waals surface area contributed by atoms with Crippen LogP contribution < -0.4 is 5.32 Å². The molecular formula is C13H20BrNO2. The number of rotatable bonds is 4. The molecule has 0 bridgehead atoms. The molecule has 0 spiro atoms. The van der Waals surface area contributed by atoms with Crippen LogP contribution in [-0.4, -0.2) is 23.4 Å². The number of hydrogen-bond acceptors (Lipinski definition) is 3. The molecule has 0 saturated carbocycles. The second-order valence-corrected chi connectivity index (χ2v) is 5.97. The molecule has 96 valence electrons. The third-order valence-electron chi connectivity index (χ3n) is 2.61. The number of phenols is 1. The van der Waals surface area contributed by atoms with Crippen LogP contribution in [0, 0.1) is 0 Å². The first kappa shape index (κ1) is 14.5. The molecule has 1 aromatic carbocycles. The molecule has 0 aromatic heterocycles. The van der Waals surface area contributed by atoms with Gasteiger partial charge >= 0.3 is 0 Å². The second-order valence-electron chi connectivity index (χ2n) is 5.12. The number of aliphatic hydroxyl groups excluding tert-OH is 1. The van der Waals surface area contributed by atoms with Crippen LogP contribution in [0.1, 0.15) is 31.9 Å². The van der Waals surface area contributed by atoms with Gasteiger partial charge in [0.05, 0.1) is 11.1 Å². The summed E-state index contributed by atoms with van der Waals surface area (Å²) in [6.07, 6.45) is 0. The Balaban J connectivity index is 2.99. The van der Waals surface area contributed by atoms with Gasteiger partial charge in [0.25, 0.3) is 0 Å². The van der Waals surface area contributed by atoms with E-state index in [1.165, 1.54) is 5.56 Å². The van der Waals surface area contributed by atoms with E-state index in [1.54, 1.807) is 0 Å². The maximum atomic E-state index is 9.94. The lowest BCUT2D eigenvalue weighted by molar-refractivity contribution is 0.291. The lowest BCUT2D eigenvalue weighted by Gasteiger charge is -2.21. The number of nitrogens with one attached hydrogen (secondary N) is 1. The quantitative estimate of drug-likeness (QED) is 0.749. The summed E-state index contributed by atoms with van der Waals surface area (Å²) >= 11 is 3.37. The van der Waals surface area contributed by atoms with Crippen LogP contribution in [0.5, 0.6) is 5.75 Å². The monoisotopic (exact) mass is 301 g/mol. The molecule has 1 aromatic rings. The van der Waals surface area contributed by atoms with E-state index in [9.17, 15) is 5.11 Å². The predicted octanol–water partition coefficient (Wildman–Crippen LogP) is 2.53. The Bertz CT molecular complexity index is 386. The van der Waals surface area contributed by atoms with Crippen molar-refractivity contribution < 1.29 is 10.2 Å². The predicted molar refractivity (Wildman–Crippen MR) is 73.3 cm³/mol. The zero-order valence-electron chi connectivity index (χ0n) is 10.5. The molecule has 0 saturated heterocycles. The Morgan fingerprint density at radius 2 is 1.94 bits per heavy atom. The summed E-state index contributed by atoms with van der Waals surface area (Å²) in [6, 6.07) is 3.95. The van der Waals surface area contributed by atoms with Gasteiger partial charge in [-0.1, -0.05) is 26.8 Å². The number of aromatic hydroxyl groups is 1. The highest BCUT2D eigenvalue weighted by atomic mass is 79.9. The van der Waals surface area contributed by atoms with Gasteiger partial charge in [-0.05, 0) is 33.0 Å². The molecular weight excluding hydrogens is 282 g/mol. The van der Waals surface area contributed by atoms with Gasteiger partial charge in [0.1, 0.15) is 5.75 Å². The molecule has 0 radical (unpaired) electrons. The number of hydrogen-bond donors (Lipinski definition) is 3. The molecule has 0 amide bonds. The molecule has 4 heteroatoms. The molecule has 0 aliphatic rings. The van der Waals surface area contributed by atoms with E-state index >= 15 is 0 Å². The van der Waals surface area contributed by atoms with Crippen LogP contribution in [0.3, 0.4) is 0 Å². The summed E-state index contributed by atoms with van der Waals surface area (Å²) in [5, 5.41) is 21.7. The second kappa shape index (κ2) is 5.85. The first-order valence-electron chi connectivity index (χ1n) is 5.69. The molecule has 0 aliphatic heterocycles. The van der Waals surface area contributed by atoms with Gasteiger partial charge in [-0.15, -0.1) is 0 Å². The van der Waals surface area contributed by atoms with Crippen LogP contribution in [0.4, 0.5) is 0 Å². The summed E-state index contributed by atoms with van der Waals surface area (Å²) in [6.45, 7) is 7.58. The smallest absolute Gasteiger partial charge is 0.134 e. The van der Waals surface area contributed by atoms with Gasteiger partial charge < -0.3 is 15.5 Å². The lowest BCUT2D eigenvalue weighted by atomic mass is 9.86. The zero-order valence-corrected chi connectivity index (χ0v) is 12.1. The third kappa shape index (κ3) is 3.98. The fourth-order valence-corrected chi connectivity index (χ4v) is 2.03. The molecule has 3 N–H and O–H groups in total. The van der Waals surface area contributed by atoms with Gasteiger partial charge in [-0.25, -0.2) is 0 Å². The Morgan fingerprint density at radius 1 is 1.29 bits per heavy atom. The topological polar surface area (TPSA) is 52.5 Å². The molecule has 0 aliphatic carbocycles. The van der Waals surface area contributed by atoms with E-state index in [1.807, 2.05) is 12.1 Å². The fraction of sp³-hybridized carbons (Fsp3) is 0.538. The molecule has 1 rings (SSSR count). The van der Waals surface area contributed by atoms with Crippen LogP contribution in [-0.2, 0) is 12.0 Å². The summed E-state index contributed by atoms with van der Waals surface area (Å²) in [5.74, 6) is 0.267. The van der Waals surface area contributed by atoms with Gasteiger partial charge in [-0.3, -0.25) is 0 Å². The molecule has 0 unspecified atom stereocenters. The van der Waals surface area contributed by atoms with Crippen molar-refractivity contribution in [3.8, 4) is 5.75 Å². The highest BCUT2D eigenvalue weighted by Crippen LogP contribution is 2.34. The number of halogens is 1. The van der Waals surface area contributed by atoms with Crippen molar-refractivity contribution in [2.24, 2.45) is 0 Å². The average molecular weight is 302 g/mol. The minimum atomic E-state index is 0.0436.